The van der Waals surface area contributed by atoms with Crippen LogP contribution in [0.5, 0.6) is 0 Å². The lowest BCUT2D eigenvalue weighted by atomic mass is 10.0. The number of fused-ring (bicyclic) bond motifs is 1. The number of carbonyl (C=O) groups is 2. The van der Waals surface area contributed by atoms with Crippen LogP contribution in [-0.2, 0) is 9.47 Å². The Kier molecular flexibility index (Phi) is 18.9. The zero-order valence-corrected chi connectivity index (χ0v) is 25.7. The molecule has 4 nitrogen and oxygen atoms in total. The quantitative estimate of drug-likeness (QED) is 0.0960. The van der Waals surface area contributed by atoms with Crippen LogP contribution >= 0.6 is 0 Å². The molecule has 0 aliphatic heterocycles. The van der Waals surface area contributed by atoms with E-state index in [0.717, 1.165) is 36.5 Å². The second kappa shape index (κ2) is 22.3. The summed E-state index contributed by atoms with van der Waals surface area (Å²) in [6, 6.07) is 11.0. The molecule has 0 N–H and O–H groups in total. The average molecular weight is 553 g/mol. The van der Waals surface area contributed by atoms with Crippen molar-refractivity contribution < 1.29 is 19.1 Å². The van der Waals surface area contributed by atoms with Gasteiger partial charge in [-0.2, -0.15) is 0 Å². The molecule has 0 amide bonds. The Labute approximate surface area is 244 Å². The van der Waals surface area contributed by atoms with E-state index in [2.05, 4.69) is 13.8 Å². The van der Waals surface area contributed by atoms with E-state index in [4.69, 9.17) is 9.47 Å². The lowest BCUT2D eigenvalue weighted by molar-refractivity contribution is 0.0488. The number of benzene rings is 2. The van der Waals surface area contributed by atoms with Gasteiger partial charge in [-0.15, -0.1) is 0 Å². The van der Waals surface area contributed by atoms with Gasteiger partial charge < -0.3 is 9.47 Å². The lowest BCUT2D eigenvalue weighted by Crippen LogP contribution is -2.07. The minimum atomic E-state index is -0.280. The fourth-order valence-electron chi connectivity index (χ4n) is 5.18. The third-order valence-corrected chi connectivity index (χ3v) is 7.77. The summed E-state index contributed by atoms with van der Waals surface area (Å²) in [7, 11) is 0. The van der Waals surface area contributed by atoms with E-state index in [1.54, 1.807) is 12.1 Å². The summed E-state index contributed by atoms with van der Waals surface area (Å²) in [5.41, 5.74) is 1.10. The van der Waals surface area contributed by atoms with E-state index in [0.29, 0.717) is 24.3 Å². The van der Waals surface area contributed by atoms with Crippen LogP contribution in [-0.4, -0.2) is 25.2 Å². The van der Waals surface area contributed by atoms with Crippen molar-refractivity contribution in [1.82, 2.24) is 0 Å². The molecule has 40 heavy (non-hydrogen) atoms. The molecule has 224 valence electrons. The molecule has 0 spiro atoms. The van der Waals surface area contributed by atoms with E-state index in [1.807, 2.05) is 24.3 Å². The van der Waals surface area contributed by atoms with Crippen molar-refractivity contribution in [1.29, 1.82) is 0 Å². The zero-order valence-electron chi connectivity index (χ0n) is 25.7. The van der Waals surface area contributed by atoms with Crippen molar-refractivity contribution in [2.75, 3.05) is 13.2 Å². The molecule has 2 aromatic rings. The normalized spacial score (nSPS) is 11.2. The highest BCUT2D eigenvalue weighted by molar-refractivity contribution is 5.99. The van der Waals surface area contributed by atoms with Gasteiger partial charge in [0.15, 0.2) is 0 Å². The standard InChI is InChI=1S/C36H56O4/c1-3-5-7-9-11-13-15-17-19-21-27-39-35(37)33-25-23-32-30-34(26-24-31(32)29-33)36(38)40-28-22-20-18-16-14-12-10-8-6-4-2/h23-26,29-30H,3-22,27-28H2,1-2H3. The number of ether oxygens (including phenoxy) is 2. The molecule has 0 radical (unpaired) electrons. The van der Waals surface area contributed by atoms with Crippen LogP contribution in [0.25, 0.3) is 10.8 Å². The Balaban J connectivity index is 1.60. The molecular weight excluding hydrogens is 496 g/mol. The fraction of sp³-hybridized carbons (Fsp3) is 0.667. The Hall–Kier alpha value is -2.36. The number of hydrogen-bond acceptors (Lipinski definition) is 4. The zero-order chi connectivity index (χ0) is 28.7. The number of esters is 2. The molecule has 4 heteroatoms. The van der Waals surface area contributed by atoms with Crippen molar-refractivity contribution in [3.63, 3.8) is 0 Å². The average Bonchev–Trinajstić information content (AvgIpc) is 2.97. The SMILES string of the molecule is CCCCCCCCCCCCOC(=O)c1ccc2cc(C(=O)OCCCCCCCCCCCC)ccc2c1. The van der Waals surface area contributed by atoms with Gasteiger partial charge in [0.1, 0.15) is 0 Å². The van der Waals surface area contributed by atoms with Gasteiger partial charge in [0.2, 0.25) is 0 Å². The van der Waals surface area contributed by atoms with Gasteiger partial charge in [0, 0.05) is 0 Å². The molecule has 0 aliphatic carbocycles. The van der Waals surface area contributed by atoms with Crippen molar-refractivity contribution in [2.45, 2.75) is 142 Å². The van der Waals surface area contributed by atoms with Gasteiger partial charge in [-0.3, -0.25) is 0 Å². The highest BCUT2D eigenvalue weighted by Crippen LogP contribution is 2.20. The predicted molar refractivity (Wildman–Crippen MR) is 168 cm³/mol. The Morgan fingerprint density at radius 2 is 0.750 bits per heavy atom. The number of unbranched alkanes of at least 4 members (excludes halogenated alkanes) is 18. The smallest absolute Gasteiger partial charge is 0.338 e. The van der Waals surface area contributed by atoms with Crippen LogP contribution in [0, 0.1) is 0 Å². The minimum absolute atomic E-state index is 0.280. The highest BCUT2D eigenvalue weighted by atomic mass is 16.5. The van der Waals surface area contributed by atoms with Crippen LogP contribution < -0.4 is 0 Å². The second-order valence-corrected chi connectivity index (χ2v) is 11.4. The van der Waals surface area contributed by atoms with Gasteiger partial charge in [-0.05, 0) is 47.9 Å². The summed E-state index contributed by atoms with van der Waals surface area (Å²) in [5, 5.41) is 1.83. The second-order valence-electron chi connectivity index (χ2n) is 11.4. The maximum Gasteiger partial charge on any atom is 0.338 e. The molecule has 0 heterocycles. The van der Waals surface area contributed by atoms with Crippen molar-refractivity contribution in [2.24, 2.45) is 0 Å². The minimum Gasteiger partial charge on any atom is -0.462 e. The predicted octanol–water partition coefficient (Wildman–Crippen LogP) is 11.0. The first-order valence-corrected chi connectivity index (χ1v) is 16.5. The molecule has 0 aliphatic rings. The van der Waals surface area contributed by atoms with Gasteiger partial charge in [0.25, 0.3) is 0 Å². The third-order valence-electron chi connectivity index (χ3n) is 7.77. The Morgan fingerprint density at radius 1 is 0.450 bits per heavy atom. The van der Waals surface area contributed by atoms with Gasteiger partial charge in [0.05, 0.1) is 24.3 Å². The topological polar surface area (TPSA) is 52.6 Å². The van der Waals surface area contributed by atoms with E-state index < -0.39 is 0 Å². The molecule has 0 atom stereocenters. The summed E-state index contributed by atoms with van der Waals surface area (Å²) in [6.45, 7) is 5.44. The molecule has 2 aromatic carbocycles. The molecule has 0 unspecified atom stereocenters. The molecule has 0 saturated carbocycles. The summed E-state index contributed by atoms with van der Waals surface area (Å²) in [6.07, 6.45) is 25.1. The number of rotatable bonds is 24. The highest BCUT2D eigenvalue weighted by Gasteiger charge is 2.11. The van der Waals surface area contributed by atoms with Crippen LogP contribution in [0.3, 0.4) is 0 Å². The third kappa shape index (κ3) is 14.9. The van der Waals surface area contributed by atoms with Crippen molar-refractivity contribution >= 4 is 22.7 Å². The maximum atomic E-state index is 12.5. The van der Waals surface area contributed by atoms with Crippen molar-refractivity contribution in [3.05, 3.63) is 47.5 Å². The molecular formula is C36H56O4. The lowest BCUT2D eigenvalue weighted by Gasteiger charge is -2.08. The maximum absolute atomic E-state index is 12.5. The molecule has 0 fully saturated rings. The molecule has 0 bridgehead atoms. The largest absolute Gasteiger partial charge is 0.462 e. The van der Waals surface area contributed by atoms with Gasteiger partial charge in [-0.25, -0.2) is 9.59 Å². The fourth-order valence-corrected chi connectivity index (χ4v) is 5.18. The number of hydrogen-bond donors (Lipinski definition) is 0. The molecule has 0 aromatic heterocycles. The summed E-state index contributed by atoms with van der Waals surface area (Å²) in [5.74, 6) is -0.560. The van der Waals surface area contributed by atoms with Crippen molar-refractivity contribution in [3.8, 4) is 0 Å². The number of carbonyl (C=O) groups excluding carboxylic acids is 2. The van der Waals surface area contributed by atoms with Crippen LogP contribution in [0.4, 0.5) is 0 Å². The first-order chi connectivity index (χ1) is 19.7. The van der Waals surface area contributed by atoms with Crippen LogP contribution in [0.15, 0.2) is 36.4 Å². The van der Waals surface area contributed by atoms with E-state index in [9.17, 15) is 9.59 Å². The summed E-state index contributed by atoms with van der Waals surface area (Å²) >= 11 is 0. The molecule has 2 rings (SSSR count). The first kappa shape index (κ1) is 33.8. The van der Waals surface area contributed by atoms with E-state index in [-0.39, 0.29) is 11.9 Å². The Morgan fingerprint density at radius 3 is 1.07 bits per heavy atom. The monoisotopic (exact) mass is 552 g/mol. The molecule has 0 saturated heterocycles. The van der Waals surface area contributed by atoms with Gasteiger partial charge >= 0.3 is 11.9 Å². The van der Waals surface area contributed by atoms with E-state index >= 15 is 0 Å². The first-order valence-electron chi connectivity index (χ1n) is 16.5. The summed E-state index contributed by atoms with van der Waals surface area (Å²) in [4.78, 5) is 25.0. The van der Waals surface area contributed by atoms with E-state index in [1.165, 1.54) is 103 Å². The van der Waals surface area contributed by atoms with Crippen LogP contribution in [0.2, 0.25) is 0 Å². The summed E-state index contributed by atoms with van der Waals surface area (Å²) < 4.78 is 11.0. The van der Waals surface area contributed by atoms with Gasteiger partial charge in [-0.1, -0.05) is 142 Å². The Bertz CT molecular complexity index is 874. The van der Waals surface area contributed by atoms with Crippen LogP contribution in [0.1, 0.15) is 163 Å².